The summed E-state index contributed by atoms with van der Waals surface area (Å²) in [5.41, 5.74) is 0. The third kappa shape index (κ3) is 6.25. The summed E-state index contributed by atoms with van der Waals surface area (Å²) in [5, 5.41) is 18.1. The highest BCUT2D eigenvalue weighted by Crippen LogP contribution is 2.09. The molecule has 0 aromatic rings. The van der Waals surface area contributed by atoms with Gasteiger partial charge in [0.05, 0.1) is 6.61 Å². The molecule has 0 saturated heterocycles. The van der Waals surface area contributed by atoms with Gasteiger partial charge in [-0.15, -0.1) is 6.58 Å². The Morgan fingerprint density at radius 3 is 2.53 bits per heavy atom. The molecule has 4 heteroatoms. The summed E-state index contributed by atoms with van der Waals surface area (Å²) in [6.45, 7) is 6.90. The smallest absolute Gasteiger partial charge is 0.306 e. The van der Waals surface area contributed by atoms with Crippen molar-refractivity contribution in [1.82, 2.24) is 0 Å². The van der Waals surface area contributed by atoms with E-state index in [0.717, 1.165) is 0 Å². The van der Waals surface area contributed by atoms with Crippen LogP contribution in [0.2, 0.25) is 0 Å². The van der Waals surface area contributed by atoms with E-state index in [4.69, 9.17) is 9.84 Å². The molecule has 0 rings (SSSR count). The second kappa shape index (κ2) is 7.43. The van der Waals surface area contributed by atoms with Gasteiger partial charge in [-0.05, 0) is 5.92 Å². The number of ether oxygens (including phenoxy) is 1. The van der Waals surface area contributed by atoms with Crippen LogP contribution in [-0.2, 0) is 9.53 Å². The van der Waals surface area contributed by atoms with Gasteiger partial charge in [-0.2, -0.15) is 0 Å². The minimum absolute atomic E-state index is 0.216. The summed E-state index contributed by atoms with van der Waals surface area (Å²) in [5.74, 6) is -0.141. The Labute approximate surface area is 90.6 Å². The minimum Gasteiger partial charge on any atom is -0.459 e. The summed E-state index contributed by atoms with van der Waals surface area (Å²) >= 11 is 0. The maximum atomic E-state index is 11.3. The summed E-state index contributed by atoms with van der Waals surface area (Å²) < 4.78 is 5.03. The zero-order valence-electron chi connectivity index (χ0n) is 9.35. The molecule has 2 atom stereocenters. The lowest BCUT2D eigenvalue weighted by molar-refractivity contribution is -0.157. The van der Waals surface area contributed by atoms with Gasteiger partial charge in [0.25, 0.3) is 0 Å². The predicted molar refractivity (Wildman–Crippen MR) is 57.2 cm³/mol. The number of carbonyl (C=O) groups excluding carboxylic acids is 1. The SMILES string of the molecule is C=CCC(OC(=O)CC(C)C)C(O)CO. The van der Waals surface area contributed by atoms with Crippen LogP contribution in [0.15, 0.2) is 12.7 Å². The molecule has 0 radical (unpaired) electrons. The molecule has 88 valence electrons. The van der Waals surface area contributed by atoms with E-state index < -0.39 is 18.8 Å². The van der Waals surface area contributed by atoms with Crippen LogP contribution in [0.4, 0.5) is 0 Å². The average molecular weight is 216 g/mol. The standard InChI is InChI=1S/C11H20O4/c1-4-5-10(9(13)7-12)15-11(14)6-8(2)3/h4,8-10,12-13H,1,5-7H2,2-3H3. The van der Waals surface area contributed by atoms with E-state index >= 15 is 0 Å². The van der Waals surface area contributed by atoms with E-state index in [0.29, 0.717) is 12.8 Å². The fourth-order valence-electron chi connectivity index (χ4n) is 1.12. The third-order valence-corrected chi connectivity index (χ3v) is 1.87. The van der Waals surface area contributed by atoms with E-state index in [1.54, 1.807) is 6.08 Å². The van der Waals surface area contributed by atoms with Crippen LogP contribution in [-0.4, -0.2) is 35.0 Å². The number of hydrogen-bond donors (Lipinski definition) is 2. The molecular formula is C11H20O4. The molecule has 0 aromatic carbocycles. The van der Waals surface area contributed by atoms with Gasteiger partial charge >= 0.3 is 5.97 Å². The van der Waals surface area contributed by atoms with Crippen molar-refractivity contribution in [3.63, 3.8) is 0 Å². The predicted octanol–water partition coefficient (Wildman–Crippen LogP) is 0.874. The Balaban J connectivity index is 4.15. The van der Waals surface area contributed by atoms with Gasteiger partial charge in [-0.25, -0.2) is 0 Å². The molecule has 0 bridgehead atoms. The Kier molecular flexibility index (Phi) is 6.99. The molecule has 0 saturated carbocycles. The second-order valence-electron chi connectivity index (χ2n) is 3.90. The van der Waals surface area contributed by atoms with Crippen LogP contribution < -0.4 is 0 Å². The van der Waals surface area contributed by atoms with Crippen molar-refractivity contribution in [2.24, 2.45) is 5.92 Å². The lowest BCUT2D eigenvalue weighted by atomic mass is 10.1. The maximum absolute atomic E-state index is 11.3. The van der Waals surface area contributed by atoms with E-state index in [1.807, 2.05) is 13.8 Å². The lowest BCUT2D eigenvalue weighted by Gasteiger charge is -2.20. The van der Waals surface area contributed by atoms with Gasteiger partial charge in [0.2, 0.25) is 0 Å². The fourth-order valence-corrected chi connectivity index (χ4v) is 1.12. The first-order chi connectivity index (χ1) is 7.01. The van der Waals surface area contributed by atoms with E-state index in [9.17, 15) is 9.90 Å². The van der Waals surface area contributed by atoms with Crippen molar-refractivity contribution in [3.05, 3.63) is 12.7 Å². The Morgan fingerprint density at radius 1 is 1.53 bits per heavy atom. The monoisotopic (exact) mass is 216 g/mol. The van der Waals surface area contributed by atoms with Crippen molar-refractivity contribution in [2.45, 2.75) is 38.9 Å². The van der Waals surface area contributed by atoms with Crippen molar-refractivity contribution < 1.29 is 19.7 Å². The molecule has 2 unspecified atom stereocenters. The van der Waals surface area contributed by atoms with Gasteiger partial charge in [0, 0.05) is 12.8 Å². The van der Waals surface area contributed by atoms with E-state index in [2.05, 4.69) is 6.58 Å². The highest BCUT2D eigenvalue weighted by Gasteiger charge is 2.21. The summed E-state index contributed by atoms with van der Waals surface area (Å²) in [7, 11) is 0. The molecule has 4 nitrogen and oxygen atoms in total. The molecule has 0 fully saturated rings. The second-order valence-corrected chi connectivity index (χ2v) is 3.90. The fraction of sp³-hybridized carbons (Fsp3) is 0.727. The summed E-state index contributed by atoms with van der Waals surface area (Å²) in [6, 6.07) is 0. The lowest BCUT2D eigenvalue weighted by Crippen LogP contribution is -2.33. The van der Waals surface area contributed by atoms with Crippen LogP contribution in [0.3, 0.4) is 0 Å². The third-order valence-electron chi connectivity index (χ3n) is 1.87. The van der Waals surface area contributed by atoms with Crippen molar-refractivity contribution in [2.75, 3.05) is 6.61 Å². The Morgan fingerprint density at radius 2 is 2.13 bits per heavy atom. The number of hydrogen-bond acceptors (Lipinski definition) is 4. The topological polar surface area (TPSA) is 66.8 Å². The Bertz CT molecular complexity index is 201. The van der Waals surface area contributed by atoms with Crippen LogP contribution in [0.5, 0.6) is 0 Å². The highest BCUT2D eigenvalue weighted by molar-refractivity contribution is 5.69. The number of carbonyl (C=O) groups is 1. The molecule has 0 spiro atoms. The molecule has 0 amide bonds. The van der Waals surface area contributed by atoms with Gasteiger partial charge in [0.15, 0.2) is 0 Å². The van der Waals surface area contributed by atoms with Crippen molar-refractivity contribution in [3.8, 4) is 0 Å². The number of rotatable bonds is 7. The molecule has 0 aliphatic heterocycles. The highest BCUT2D eigenvalue weighted by atomic mass is 16.6. The summed E-state index contributed by atoms with van der Waals surface area (Å²) in [6.07, 6.45) is 0.460. The molecule has 0 aromatic heterocycles. The molecule has 0 aliphatic rings. The van der Waals surface area contributed by atoms with Crippen molar-refractivity contribution in [1.29, 1.82) is 0 Å². The normalized spacial score (nSPS) is 14.7. The number of aliphatic hydroxyl groups excluding tert-OH is 2. The number of esters is 1. The molecule has 2 N–H and O–H groups in total. The summed E-state index contributed by atoms with van der Waals surface area (Å²) in [4.78, 5) is 11.3. The van der Waals surface area contributed by atoms with Crippen LogP contribution in [0.25, 0.3) is 0 Å². The maximum Gasteiger partial charge on any atom is 0.306 e. The van der Waals surface area contributed by atoms with Gasteiger partial charge in [-0.3, -0.25) is 4.79 Å². The Hall–Kier alpha value is -0.870. The molecule has 15 heavy (non-hydrogen) atoms. The van der Waals surface area contributed by atoms with Crippen LogP contribution >= 0.6 is 0 Å². The minimum atomic E-state index is -1.04. The first-order valence-corrected chi connectivity index (χ1v) is 5.10. The quantitative estimate of drug-likeness (QED) is 0.489. The van der Waals surface area contributed by atoms with Crippen LogP contribution in [0.1, 0.15) is 26.7 Å². The van der Waals surface area contributed by atoms with Crippen LogP contribution in [0, 0.1) is 5.92 Å². The molecular weight excluding hydrogens is 196 g/mol. The zero-order valence-corrected chi connectivity index (χ0v) is 9.35. The molecule has 0 heterocycles. The van der Waals surface area contributed by atoms with E-state index in [1.165, 1.54) is 0 Å². The molecule has 0 aliphatic carbocycles. The first kappa shape index (κ1) is 14.1. The number of aliphatic hydroxyl groups is 2. The van der Waals surface area contributed by atoms with Gasteiger partial charge < -0.3 is 14.9 Å². The largest absolute Gasteiger partial charge is 0.459 e. The average Bonchev–Trinajstić information content (AvgIpc) is 2.14. The van der Waals surface area contributed by atoms with E-state index in [-0.39, 0.29) is 11.9 Å². The first-order valence-electron chi connectivity index (χ1n) is 5.10. The van der Waals surface area contributed by atoms with Crippen molar-refractivity contribution >= 4 is 5.97 Å². The van der Waals surface area contributed by atoms with Gasteiger partial charge in [0.1, 0.15) is 12.2 Å². The van der Waals surface area contributed by atoms with Gasteiger partial charge in [-0.1, -0.05) is 19.9 Å². The zero-order chi connectivity index (χ0) is 11.8.